The minimum absolute atomic E-state index is 0.0874. The topological polar surface area (TPSA) is 55.4 Å². The molecule has 1 unspecified atom stereocenters. The van der Waals surface area contributed by atoms with E-state index in [1.807, 2.05) is 0 Å². The van der Waals surface area contributed by atoms with Gasteiger partial charge in [0.15, 0.2) is 0 Å². The second-order valence-electron chi connectivity index (χ2n) is 3.39. The number of rotatable bonds is 6. The van der Waals surface area contributed by atoms with Crippen LogP contribution in [0.3, 0.4) is 0 Å². The van der Waals surface area contributed by atoms with Crippen LogP contribution in [0, 0.1) is 0 Å². The van der Waals surface area contributed by atoms with Crippen molar-refractivity contribution in [3.8, 4) is 0 Å². The van der Waals surface area contributed by atoms with E-state index in [1.165, 1.54) is 0 Å². The maximum Gasteiger partial charge on any atom is 0.214 e. The van der Waals surface area contributed by atoms with Gasteiger partial charge >= 0.3 is 0 Å². The lowest BCUT2D eigenvalue weighted by Gasteiger charge is -2.10. The summed E-state index contributed by atoms with van der Waals surface area (Å²) < 4.78 is 30.6. The quantitative estimate of drug-likeness (QED) is 0.527. The molecule has 1 saturated heterocycles. The van der Waals surface area contributed by atoms with Crippen molar-refractivity contribution in [1.29, 1.82) is 0 Å². The van der Waals surface area contributed by atoms with Crippen molar-refractivity contribution in [2.24, 2.45) is 0 Å². The smallest absolute Gasteiger partial charge is 0.214 e. The number of sulfonamides is 1. The van der Waals surface area contributed by atoms with Gasteiger partial charge in [0.1, 0.15) is 0 Å². The van der Waals surface area contributed by atoms with Crippen LogP contribution < -0.4 is 4.72 Å². The minimum Gasteiger partial charge on any atom is -0.377 e. The number of hydrogen-bond acceptors (Lipinski definition) is 3. The van der Waals surface area contributed by atoms with E-state index in [-0.39, 0.29) is 11.9 Å². The fraction of sp³-hybridized carbons (Fsp3) is 0.778. The van der Waals surface area contributed by atoms with E-state index in [0.717, 1.165) is 12.8 Å². The van der Waals surface area contributed by atoms with Crippen molar-refractivity contribution in [2.45, 2.75) is 25.4 Å². The number of hydrogen-bond donors (Lipinski definition) is 1. The first kappa shape index (κ1) is 11.7. The normalized spacial score (nSPS) is 22.4. The van der Waals surface area contributed by atoms with Crippen LogP contribution in [0.4, 0.5) is 0 Å². The maximum absolute atomic E-state index is 11.4. The molecule has 0 amide bonds. The molecule has 4 nitrogen and oxygen atoms in total. The highest BCUT2D eigenvalue weighted by atomic mass is 32.2. The van der Waals surface area contributed by atoms with Crippen LogP contribution in [0.2, 0.25) is 0 Å². The molecule has 0 radical (unpaired) electrons. The van der Waals surface area contributed by atoms with E-state index in [2.05, 4.69) is 11.3 Å². The first-order valence-electron chi connectivity index (χ1n) is 4.84. The SMILES string of the molecule is C=CCCNS(=O)(=O)CC1CCCO1. The standard InChI is InChI=1S/C9H17NO3S/c1-2-3-6-10-14(11,12)8-9-5-4-7-13-9/h2,9-10H,1,3-8H2. The van der Waals surface area contributed by atoms with Gasteiger partial charge in [-0.15, -0.1) is 6.58 Å². The van der Waals surface area contributed by atoms with Gasteiger partial charge < -0.3 is 4.74 Å². The molecule has 1 N–H and O–H groups in total. The molecule has 1 fully saturated rings. The Morgan fingerprint density at radius 1 is 1.57 bits per heavy atom. The third-order valence-corrected chi connectivity index (χ3v) is 3.55. The molecule has 14 heavy (non-hydrogen) atoms. The summed E-state index contributed by atoms with van der Waals surface area (Å²) in [6, 6.07) is 0. The first-order valence-corrected chi connectivity index (χ1v) is 6.49. The molecule has 5 heteroatoms. The third-order valence-electron chi connectivity index (χ3n) is 2.10. The molecule has 1 heterocycles. The van der Waals surface area contributed by atoms with E-state index < -0.39 is 10.0 Å². The van der Waals surface area contributed by atoms with Gasteiger partial charge in [-0.3, -0.25) is 0 Å². The second kappa shape index (κ2) is 5.48. The Morgan fingerprint density at radius 2 is 2.36 bits per heavy atom. The summed E-state index contributed by atoms with van der Waals surface area (Å²) in [6.45, 7) is 4.64. The summed E-state index contributed by atoms with van der Waals surface area (Å²) in [5.74, 6) is 0.0874. The second-order valence-corrected chi connectivity index (χ2v) is 5.24. The van der Waals surface area contributed by atoms with Crippen molar-refractivity contribution < 1.29 is 13.2 Å². The van der Waals surface area contributed by atoms with Gasteiger partial charge in [-0.2, -0.15) is 0 Å². The van der Waals surface area contributed by atoms with Gasteiger partial charge in [0, 0.05) is 13.2 Å². The number of ether oxygens (including phenoxy) is 1. The predicted molar refractivity (Wildman–Crippen MR) is 55.6 cm³/mol. The Kier molecular flexibility index (Phi) is 4.57. The molecule has 0 aliphatic carbocycles. The zero-order chi connectivity index (χ0) is 10.4. The van der Waals surface area contributed by atoms with E-state index in [1.54, 1.807) is 6.08 Å². The summed E-state index contributed by atoms with van der Waals surface area (Å²) in [4.78, 5) is 0. The van der Waals surface area contributed by atoms with Crippen LogP contribution in [-0.2, 0) is 14.8 Å². The summed E-state index contributed by atoms with van der Waals surface area (Å²) in [6.07, 6.45) is 4.05. The largest absolute Gasteiger partial charge is 0.377 e. The number of nitrogens with one attached hydrogen (secondary N) is 1. The summed E-state index contributed by atoms with van der Waals surface area (Å²) >= 11 is 0. The van der Waals surface area contributed by atoms with Gasteiger partial charge in [0.05, 0.1) is 11.9 Å². The fourth-order valence-corrected chi connectivity index (χ4v) is 2.69. The average molecular weight is 219 g/mol. The molecule has 82 valence electrons. The molecule has 1 rings (SSSR count). The van der Waals surface area contributed by atoms with Crippen LogP contribution in [0.25, 0.3) is 0 Å². The van der Waals surface area contributed by atoms with Crippen LogP contribution in [0.5, 0.6) is 0 Å². The zero-order valence-electron chi connectivity index (χ0n) is 8.24. The first-order chi connectivity index (χ1) is 6.64. The molecular formula is C9H17NO3S. The molecule has 1 aliphatic rings. The molecule has 1 aliphatic heterocycles. The highest BCUT2D eigenvalue weighted by Crippen LogP contribution is 2.13. The minimum atomic E-state index is -3.16. The Balaban J connectivity index is 2.29. The van der Waals surface area contributed by atoms with Gasteiger partial charge in [-0.05, 0) is 19.3 Å². The Labute approximate surface area is 85.4 Å². The molecule has 0 aromatic carbocycles. The molecule has 0 saturated carbocycles. The molecule has 0 aromatic heterocycles. The van der Waals surface area contributed by atoms with Crippen molar-refractivity contribution >= 4 is 10.0 Å². The highest BCUT2D eigenvalue weighted by Gasteiger charge is 2.22. The molecular weight excluding hydrogens is 202 g/mol. The highest BCUT2D eigenvalue weighted by molar-refractivity contribution is 7.89. The molecule has 0 spiro atoms. The zero-order valence-corrected chi connectivity index (χ0v) is 9.05. The van der Waals surface area contributed by atoms with E-state index >= 15 is 0 Å². The van der Waals surface area contributed by atoms with Crippen LogP contribution in [0.1, 0.15) is 19.3 Å². The fourth-order valence-electron chi connectivity index (χ4n) is 1.40. The van der Waals surface area contributed by atoms with Crippen molar-refractivity contribution in [2.75, 3.05) is 18.9 Å². The lowest BCUT2D eigenvalue weighted by molar-refractivity contribution is 0.127. The summed E-state index contributed by atoms with van der Waals surface area (Å²) in [5, 5.41) is 0. The van der Waals surface area contributed by atoms with Gasteiger partial charge in [0.2, 0.25) is 10.0 Å². The van der Waals surface area contributed by atoms with Gasteiger partial charge in [-0.25, -0.2) is 13.1 Å². The Bertz CT molecular complexity index is 268. The summed E-state index contributed by atoms with van der Waals surface area (Å²) in [7, 11) is -3.16. The maximum atomic E-state index is 11.4. The van der Waals surface area contributed by atoms with Crippen LogP contribution in [-0.4, -0.2) is 33.4 Å². The van der Waals surface area contributed by atoms with Crippen molar-refractivity contribution in [1.82, 2.24) is 4.72 Å². The summed E-state index contributed by atoms with van der Waals surface area (Å²) in [5.41, 5.74) is 0. The van der Waals surface area contributed by atoms with Crippen LogP contribution in [0.15, 0.2) is 12.7 Å². The van der Waals surface area contributed by atoms with Gasteiger partial charge in [-0.1, -0.05) is 6.08 Å². The van der Waals surface area contributed by atoms with Crippen molar-refractivity contribution in [3.05, 3.63) is 12.7 Å². The Hall–Kier alpha value is -0.390. The van der Waals surface area contributed by atoms with E-state index in [9.17, 15) is 8.42 Å². The Morgan fingerprint density at radius 3 is 2.93 bits per heavy atom. The van der Waals surface area contributed by atoms with Crippen LogP contribution >= 0.6 is 0 Å². The van der Waals surface area contributed by atoms with Crippen molar-refractivity contribution in [3.63, 3.8) is 0 Å². The monoisotopic (exact) mass is 219 g/mol. The van der Waals surface area contributed by atoms with E-state index in [4.69, 9.17) is 4.74 Å². The lowest BCUT2D eigenvalue weighted by atomic mass is 10.3. The van der Waals surface area contributed by atoms with Gasteiger partial charge in [0.25, 0.3) is 0 Å². The molecule has 1 atom stereocenters. The molecule has 0 bridgehead atoms. The average Bonchev–Trinajstić information content (AvgIpc) is 2.56. The third kappa shape index (κ3) is 4.21. The molecule has 0 aromatic rings. The lowest BCUT2D eigenvalue weighted by Crippen LogP contribution is -2.32. The predicted octanol–water partition coefficient (Wildman–Crippen LogP) is 0.661. The van der Waals surface area contributed by atoms with E-state index in [0.29, 0.717) is 19.6 Å².